The van der Waals surface area contributed by atoms with Gasteiger partial charge < -0.3 is 5.32 Å². The molecule has 0 fully saturated rings. The Kier molecular flexibility index (Phi) is 1.72. The quantitative estimate of drug-likeness (QED) is 0.517. The molecule has 58 valence electrons. The summed E-state index contributed by atoms with van der Waals surface area (Å²) in [6, 6.07) is -0.142. The molecule has 1 unspecified atom stereocenters. The monoisotopic (exact) mass is 151 g/mol. The highest BCUT2D eigenvalue weighted by atomic mass is 19.4. The lowest BCUT2D eigenvalue weighted by Crippen LogP contribution is -2.21. The van der Waals surface area contributed by atoms with Crippen molar-refractivity contribution in [2.75, 3.05) is 6.54 Å². The molecule has 1 rings (SSSR count). The van der Waals surface area contributed by atoms with E-state index in [0.29, 0.717) is 0 Å². The van der Waals surface area contributed by atoms with E-state index in [2.05, 4.69) is 5.32 Å². The Morgan fingerprint density at radius 3 is 2.40 bits per heavy atom. The molecule has 1 atom stereocenters. The molecular formula is C6H8F3N. The number of rotatable bonds is 0. The van der Waals surface area contributed by atoms with Crippen LogP contribution in [0, 0.1) is 0 Å². The number of alkyl halides is 3. The van der Waals surface area contributed by atoms with Crippen molar-refractivity contribution in [3.63, 3.8) is 0 Å². The molecular weight excluding hydrogens is 143 g/mol. The first-order chi connectivity index (χ1) is 4.50. The Balaban J connectivity index is 2.67. The van der Waals surface area contributed by atoms with Gasteiger partial charge in [0.2, 0.25) is 0 Å². The highest BCUT2D eigenvalue weighted by molar-refractivity contribution is 5.19. The van der Waals surface area contributed by atoms with E-state index in [0.717, 1.165) is 0 Å². The second-order valence-electron chi connectivity index (χ2n) is 2.36. The first-order valence-corrected chi connectivity index (χ1v) is 3.01. The van der Waals surface area contributed by atoms with Gasteiger partial charge in [0.25, 0.3) is 0 Å². The van der Waals surface area contributed by atoms with Crippen LogP contribution in [0.2, 0.25) is 0 Å². The lowest BCUT2D eigenvalue weighted by atomic mass is 10.2. The SMILES string of the molecule is CC1C=C(C(F)(F)F)CN1. The van der Waals surface area contributed by atoms with Gasteiger partial charge in [-0.05, 0) is 6.92 Å². The molecule has 0 spiro atoms. The van der Waals surface area contributed by atoms with E-state index >= 15 is 0 Å². The van der Waals surface area contributed by atoms with E-state index in [-0.39, 0.29) is 12.6 Å². The average molecular weight is 151 g/mol. The summed E-state index contributed by atoms with van der Waals surface area (Å²) in [6.07, 6.45) is -2.93. The van der Waals surface area contributed by atoms with Crippen molar-refractivity contribution in [3.05, 3.63) is 11.6 Å². The van der Waals surface area contributed by atoms with E-state index in [9.17, 15) is 13.2 Å². The van der Waals surface area contributed by atoms with Crippen LogP contribution in [-0.2, 0) is 0 Å². The summed E-state index contributed by atoms with van der Waals surface area (Å²) in [5, 5.41) is 2.66. The topological polar surface area (TPSA) is 12.0 Å². The number of hydrogen-bond donors (Lipinski definition) is 1. The number of nitrogens with one attached hydrogen (secondary N) is 1. The van der Waals surface area contributed by atoms with Crippen molar-refractivity contribution < 1.29 is 13.2 Å². The maximum absolute atomic E-state index is 11.8. The van der Waals surface area contributed by atoms with Gasteiger partial charge in [-0.1, -0.05) is 6.08 Å². The summed E-state index contributed by atoms with van der Waals surface area (Å²) in [6.45, 7) is 1.64. The maximum atomic E-state index is 11.8. The van der Waals surface area contributed by atoms with Crippen LogP contribution in [0.15, 0.2) is 11.6 Å². The van der Waals surface area contributed by atoms with Gasteiger partial charge in [-0.3, -0.25) is 0 Å². The summed E-state index contributed by atoms with van der Waals surface area (Å²) in [4.78, 5) is 0. The van der Waals surface area contributed by atoms with Crippen molar-refractivity contribution in [2.45, 2.75) is 19.1 Å². The Hall–Kier alpha value is -0.510. The van der Waals surface area contributed by atoms with Gasteiger partial charge in [-0.2, -0.15) is 13.2 Å². The van der Waals surface area contributed by atoms with E-state index in [1.807, 2.05) is 0 Å². The molecule has 0 saturated heterocycles. The standard InChI is InChI=1S/C6H8F3N/c1-4-2-5(3-10-4)6(7,8)9/h2,4,10H,3H2,1H3. The van der Waals surface area contributed by atoms with Crippen LogP contribution in [0.3, 0.4) is 0 Å². The van der Waals surface area contributed by atoms with Gasteiger partial charge in [0.05, 0.1) is 0 Å². The van der Waals surface area contributed by atoms with Gasteiger partial charge in [0.1, 0.15) is 0 Å². The Morgan fingerprint density at radius 1 is 1.60 bits per heavy atom. The predicted molar refractivity (Wildman–Crippen MR) is 31.6 cm³/mol. The summed E-state index contributed by atoms with van der Waals surface area (Å²) in [5.74, 6) is 0. The molecule has 0 aliphatic carbocycles. The van der Waals surface area contributed by atoms with E-state index in [1.54, 1.807) is 6.92 Å². The van der Waals surface area contributed by atoms with Crippen LogP contribution in [0.1, 0.15) is 6.92 Å². The Bertz CT molecular complexity index is 159. The minimum atomic E-state index is -4.14. The van der Waals surface area contributed by atoms with Crippen LogP contribution in [0.4, 0.5) is 13.2 Å². The fraction of sp³-hybridized carbons (Fsp3) is 0.667. The average Bonchev–Trinajstić information content (AvgIpc) is 2.11. The zero-order chi connectivity index (χ0) is 7.78. The molecule has 1 nitrogen and oxygen atoms in total. The third kappa shape index (κ3) is 1.50. The first kappa shape index (κ1) is 7.60. The van der Waals surface area contributed by atoms with Gasteiger partial charge >= 0.3 is 6.18 Å². The summed E-state index contributed by atoms with van der Waals surface area (Å²) < 4.78 is 35.5. The zero-order valence-corrected chi connectivity index (χ0v) is 5.50. The van der Waals surface area contributed by atoms with Gasteiger partial charge in [-0.15, -0.1) is 0 Å². The molecule has 4 heteroatoms. The molecule has 0 aromatic rings. The van der Waals surface area contributed by atoms with Crippen molar-refractivity contribution >= 4 is 0 Å². The minimum Gasteiger partial charge on any atom is -0.307 e. The molecule has 1 aliphatic heterocycles. The fourth-order valence-corrected chi connectivity index (χ4v) is 0.885. The number of hydrogen-bond acceptors (Lipinski definition) is 1. The van der Waals surface area contributed by atoms with Crippen molar-refractivity contribution in [3.8, 4) is 0 Å². The third-order valence-corrected chi connectivity index (χ3v) is 1.43. The lowest BCUT2D eigenvalue weighted by Gasteiger charge is -2.04. The van der Waals surface area contributed by atoms with Crippen molar-refractivity contribution in [1.29, 1.82) is 0 Å². The lowest BCUT2D eigenvalue weighted by molar-refractivity contribution is -0.0918. The van der Waals surface area contributed by atoms with Crippen LogP contribution in [0.25, 0.3) is 0 Å². The molecule has 0 saturated carbocycles. The highest BCUT2D eigenvalue weighted by Gasteiger charge is 2.35. The van der Waals surface area contributed by atoms with Gasteiger partial charge in [-0.25, -0.2) is 0 Å². The van der Waals surface area contributed by atoms with Crippen LogP contribution < -0.4 is 5.32 Å². The molecule has 0 bridgehead atoms. The molecule has 0 radical (unpaired) electrons. The van der Waals surface area contributed by atoms with Crippen LogP contribution in [0.5, 0.6) is 0 Å². The Morgan fingerprint density at radius 2 is 2.20 bits per heavy atom. The van der Waals surface area contributed by atoms with Gasteiger partial charge in [0, 0.05) is 18.2 Å². The molecule has 10 heavy (non-hydrogen) atoms. The molecule has 0 aromatic carbocycles. The van der Waals surface area contributed by atoms with E-state index in [4.69, 9.17) is 0 Å². The largest absolute Gasteiger partial charge is 0.413 e. The zero-order valence-electron chi connectivity index (χ0n) is 5.50. The normalized spacial score (nSPS) is 26.8. The Labute approximate surface area is 56.9 Å². The molecule has 0 aromatic heterocycles. The van der Waals surface area contributed by atoms with E-state index in [1.165, 1.54) is 6.08 Å². The highest BCUT2D eigenvalue weighted by Crippen LogP contribution is 2.27. The van der Waals surface area contributed by atoms with Crippen LogP contribution in [-0.4, -0.2) is 18.8 Å². The molecule has 1 N–H and O–H groups in total. The smallest absolute Gasteiger partial charge is 0.307 e. The van der Waals surface area contributed by atoms with Crippen LogP contribution >= 0.6 is 0 Å². The second-order valence-corrected chi connectivity index (χ2v) is 2.36. The predicted octanol–water partition coefficient (Wildman–Crippen LogP) is 1.47. The van der Waals surface area contributed by atoms with Crippen molar-refractivity contribution in [2.24, 2.45) is 0 Å². The number of halogens is 3. The molecule has 0 amide bonds. The first-order valence-electron chi connectivity index (χ1n) is 3.01. The fourth-order valence-electron chi connectivity index (χ4n) is 0.885. The second kappa shape index (κ2) is 2.27. The van der Waals surface area contributed by atoms with Gasteiger partial charge in [0.15, 0.2) is 0 Å². The molecule has 1 heterocycles. The van der Waals surface area contributed by atoms with E-state index < -0.39 is 11.7 Å². The maximum Gasteiger partial charge on any atom is 0.413 e. The summed E-state index contributed by atoms with van der Waals surface area (Å²) in [7, 11) is 0. The summed E-state index contributed by atoms with van der Waals surface area (Å²) in [5.41, 5.74) is -0.458. The van der Waals surface area contributed by atoms with Crippen molar-refractivity contribution in [1.82, 2.24) is 5.32 Å². The summed E-state index contributed by atoms with van der Waals surface area (Å²) >= 11 is 0. The minimum absolute atomic E-state index is 0.0509. The molecule has 1 aliphatic rings. The third-order valence-electron chi connectivity index (χ3n) is 1.43.